The van der Waals surface area contributed by atoms with E-state index in [0.29, 0.717) is 12.1 Å². The van der Waals surface area contributed by atoms with Crippen molar-refractivity contribution in [1.29, 1.82) is 0 Å². The summed E-state index contributed by atoms with van der Waals surface area (Å²) in [6.45, 7) is 4.41. The Labute approximate surface area is 130 Å². The number of nitrogens with zero attached hydrogens (tertiary/aromatic N) is 2. The average molecular weight is 302 g/mol. The standard InChI is InChI=1S/C17H22N2O3/c1-11-8-12-14-10-18(2)5-4-15(14)19(6-7-20)16(12)13(9-11)17(21)22-3/h8-9,20H,4-7,10H2,1-3H3. The lowest BCUT2D eigenvalue weighted by Gasteiger charge is -2.24. The lowest BCUT2D eigenvalue weighted by Crippen LogP contribution is -2.27. The first kappa shape index (κ1) is 15.1. The van der Waals surface area contributed by atoms with E-state index in [1.54, 1.807) is 0 Å². The summed E-state index contributed by atoms with van der Waals surface area (Å²) >= 11 is 0. The maximum absolute atomic E-state index is 12.2. The minimum absolute atomic E-state index is 0.0561. The molecule has 22 heavy (non-hydrogen) atoms. The summed E-state index contributed by atoms with van der Waals surface area (Å²) < 4.78 is 7.06. The van der Waals surface area contributed by atoms with Crippen LogP contribution in [0.3, 0.4) is 0 Å². The van der Waals surface area contributed by atoms with Gasteiger partial charge in [-0.1, -0.05) is 0 Å². The van der Waals surface area contributed by atoms with Crippen molar-refractivity contribution in [1.82, 2.24) is 9.47 Å². The van der Waals surface area contributed by atoms with E-state index in [2.05, 4.69) is 22.6 Å². The normalized spacial score (nSPS) is 15.1. The van der Waals surface area contributed by atoms with Gasteiger partial charge in [0.15, 0.2) is 0 Å². The van der Waals surface area contributed by atoms with Gasteiger partial charge in [0.1, 0.15) is 0 Å². The molecule has 118 valence electrons. The minimum atomic E-state index is -0.323. The first-order chi connectivity index (χ1) is 10.6. The first-order valence-electron chi connectivity index (χ1n) is 7.59. The number of aryl methyl sites for hydroxylation is 1. The summed E-state index contributed by atoms with van der Waals surface area (Å²) in [5.41, 5.74) is 5.03. The molecule has 2 aromatic rings. The van der Waals surface area contributed by atoms with Gasteiger partial charge in [-0.2, -0.15) is 0 Å². The van der Waals surface area contributed by atoms with Gasteiger partial charge in [0.05, 0.1) is 24.8 Å². The molecule has 1 aliphatic rings. The molecule has 0 amide bonds. The molecule has 5 heteroatoms. The number of aliphatic hydroxyl groups is 1. The number of esters is 1. The summed E-state index contributed by atoms with van der Waals surface area (Å²) in [5.74, 6) is -0.323. The van der Waals surface area contributed by atoms with Gasteiger partial charge in [-0.3, -0.25) is 0 Å². The molecule has 1 aliphatic heterocycles. The van der Waals surface area contributed by atoms with Crippen molar-refractivity contribution < 1.29 is 14.6 Å². The number of likely N-dealkylation sites (N-methyl/N-ethyl adjacent to an activating group) is 1. The lowest BCUT2D eigenvalue weighted by molar-refractivity contribution is 0.0602. The Balaban J connectivity index is 2.35. The van der Waals surface area contributed by atoms with Crippen LogP contribution < -0.4 is 0 Å². The monoisotopic (exact) mass is 302 g/mol. The van der Waals surface area contributed by atoms with E-state index < -0.39 is 0 Å². The van der Waals surface area contributed by atoms with Gasteiger partial charge < -0.3 is 19.3 Å². The van der Waals surface area contributed by atoms with Crippen molar-refractivity contribution >= 4 is 16.9 Å². The Bertz CT molecular complexity index is 733. The second-order valence-corrected chi connectivity index (χ2v) is 5.99. The number of aromatic nitrogens is 1. The van der Waals surface area contributed by atoms with E-state index in [9.17, 15) is 9.90 Å². The van der Waals surface area contributed by atoms with Gasteiger partial charge in [0, 0.05) is 37.1 Å². The molecule has 0 radical (unpaired) electrons. The maximum atomic E-state index is 12.2. The van der Waals surface area contributed by atoms with Crippen LogP contribution in [0.15, 0.2) is 12.1 Å². The Morgan fingerprint density at radius 2 is 2.18 bits per heavy atom. The zero-order chi connectivity index (χ0) is 15.9. The van der Waals surface area contributed by atoms with E-state index >= 15 is 0 Å². The molecule has 0 saturated heterocycles. The fourth-order valence-electron chi connectivity index (χ4n) is 3.47. The van der Waals surface area contributed by atoms with Gasteiger partial charge in [0.25, 0.3) is 0 Å². The lowest BCUT2D eigenvalue weighted by atomic mass is 10.0. The SMILES string of the molecule is COC(=O)c1cc(C)cc2c3c(n(CCO)c12)CCN(C)C3. The number of carbonyl (C=O) groups is 1. The Kier molecular flexibility index (Phi) is 3.93. The second-order valence-electron chi connectivity index (χ2n) is 5.99. The van der Waals surface area contributed by atoms with Gasteiger partial charge >= 0.3 is 5.97 Å². The van der Waals surface area contributed by atoms with E-state index in [1.807, 2.05) is 13.0 Å². The molecule has 1 aromatic carbocycles. The quantitative estimate of drug-likeness (QED) is 0.877. The van der Waals surface area contributed by atoms with E-state index in [1.165, 1.54) is 18.4 Å². The van der Waals surface area contributed by atoms with Crippen LogP contribution >= 0.6 is 0 Å². The Morgan fingerprint density at radius 3 is 2.86 bits per heavy atom. The molecule has 1 aromatic heterocycles. The Hall–Kier alpha value is -1.85. The number of hydrogen-bond donors (Lipinski definition) is 1. The topological polar surface area (TPSA) is 54.7 Å². The number of rotatable bonds is 3. The fourth-order valence-corrected chi connectivity index (χ4v) is 3.47. The van der Waals surface area contributed by atoms with Gasteiger partial charge in [-0.05, 0) is 37.2 Å². The smallest absolute Gasteiger partial charge is 0.340 e. The summed E-state index contributed by atoms with van der Waals surface area (Å²) in [4.78, 5) is 14.5. The zero-order valence-corrected chi connectivity index (χ0v) is 13.3. The highest BCUT2D eigenvalue weighted by atomic mass is 16.5. The molecule has 0 fully saturated rings. The van der Waals surface area contributed by atoms with Crippen molar-refractivity contribution in [2.75, 3.05) is 27.3 Å². The molecule has 3 rings (SSSR count). The van der Waals surface area contributed by atoms with Crippen LogP contribution in [-0.2, 0) is 24.2 Å². The molecule has 0 aliphatic carbocycles. The number of methoxy groups -OCH3 is 1. The number of carbonyl (C=O) groups excluding carboxylic acids is 1. The number of benzene rings is 1. The van der Waals surface area contributed by atoms with E-state index in [4.69, 9.17) is 4.74 Å². The Morgan fingerprint density at radius 1 is 1.41 bits per heavy atom. The largest absolute Gasteiger partial charge is 0.465 e. The highest BCUT2D eigenvalue weighted by molar-refractivity contribution is 6.05. The van der Waals surface area contributed by atoms with Crippen molar-refractivity contribution in [2.24, 2.45) is 0 Å². The van der Waals surface area contributed by atoms with Crippen LogP contribution in [0, 0.1) is 6.92 Å². The highest BCUT2D eigenvalue weighted by Crippen LogP contribution is 2.33. The first-order valence-corrected chi connectivity index (χ1v) is 7.59. The number of fused-ring (bicyclic) bond motifs is 3. The molecular weight excluding hydrogens is 280 g/mol. The maximum Gasteiger partial charge on any atom is 0.340 e. The van der Waals surface area contributed by atoms with Crippen LogP contribution in [0.1, 0.15) is 27.2 Å². The predicted molar refractivity (Wildman–Crippen MR) is 85.1 cm³/mol. The average Bonchev–Trinajstić information content (AvgIpc) is 2.80. The molecule has 0 unspecified atom stereocenters. The molecule has 2 heterocycles. The van der Waals surface area contributed by atoms with Crippen molar-refractivity contribution in [3.63, 3.8) is 0 Å². The van der Waals surface area contributed by atoms with Crippen LogP contribution in [0.2, 0.25) is 0 Å². The number of aliphatic hydroxyl groups excluding tert-OH is 1. The van der Waals surface area contributed by atoms with Crippen molar-refractivity contribution in [3.05, 3.63) is 34.5 Å². The molecule has 0 atom stereocenters. The third kappa shape index (κ3) is 2.30. The van der Waals surface area contributed by atoms with Crippen LogP contribution in [0.4, 0.5) is 0 Å². The summed E-state index contributed by atoms with van der Waals surface area (Å²) in [7, 11) is 3.51. The van der Waals surface area contributed by atoms with Crippen LogP contribution in [-0.4, -0.2) is 47.9 Å². The second kappa shape index (κ2) is 5.74. The van der Waals surface area contributed by atoms with Gasteiger partial charge in [0.2, 0.25) is 0 Å². The minimum Gasteiger partial charge on any atom is -0.465 e. The third-order valence-electron chi connectivity index (χ3n) is 4.41. The van der Waals surface area contributed by atoms with Crippen molar-refractivity contribution in [3.8, 4) is 0 Å². The van der Waals surface area contributed by atoms with Gasteiger partial charge in [-0.15, -0.1) is 0 Å². The van der Waals surface area contributed by atoms with Crippen LogP contribution in [0.5, 0.6) is 0 Å². The van der Waals surface area contributed by atoms with Gasteiger partial charge in [-0.25, -0.2) is 4.79 Å². The molecule has 0 bridgehead atoms. The summed E-state index contributed by atoms with van der Waals surface area (Å²) in [6.07, 6.45) is 0.931. The highest BCUT2D eigenvalue weighted by Gasteiger charge is 2.25. The van der Waals surface area contributed by atoms with E-state index in [0.717, 1.165) is 36.0 Å². The molecule has 0 saturated carbocycles. The van der Waals surface area contributed by atoms with Crippen molar-refractivity contribution in [2.45, 2.75) is 26.4 Å². The van der Waals surface area contributed by atoms with E-state index in [-0.39, 0.29) is 12.6 Å². The fraction of sp³-hybridized carbons (Fsp3) is 0.471. The molecule has 5 nitrogen and oxygen atoms in total. The zero-order valence-electron chi connectivity index (χ0n) is 13.3. The summed E-state index contributed by atoms with van der Waals surface area (Å²) in [5, 5.41) is 10.6. The molecule has 1 N–H and O–H groups in total. The van der Waals surface area contributed by atoms with Crippen LogP contribution in [0.25, 0.3) is 10.9 Å². The molecular formula is C17H22N2O3. The number of ether oxygens (including phenoxy) is 1. The summed E-state index contributed by atoms with van der Waals surface area (Å²) in [6, 6.07) is 4.00. The third-order valence-corrected chi connectivity index (χ3v) is 4.41. The number of hydrogen-bond acceptors (Lipinski definition) is 4. The predicted octanol–water partition coefficient (Wildman–Crippen LogP) is 1.72. The molecule has 0 spiro atoms.